The minimum atomic E-state index is -3.88. The van der Waals surface area contributed by atoms with Gasteiger partial charge in [-0.25, -0.2) is 13.2 Å². The fourth-order valence-electron chi connectivity index (χ4n) is 7.05. The van der Waals surface area contributed by atoms with Crippen LogP contribution in [0.25, 0.3) is 10.8 Å². The Bertz CT molecular complexity index is 1830. The van der Waals surface area contributed by atoms with Gasteiger partial charge in [0.25, 0.3) is 5.91 Å². The van der Waals surface area contributed by atoms with Crippen molar-refractivity contribution >= 4 is 50.8 Å². The van der Waals surface area contributed by atoms with Crippen molar-refractivity contribution < 1.29 is 37.2 Å². The molecule has 3 aliphatic carbocycles. The minimum absolute atomic E-state index is 0.0319. The molecule has 2 aromatic carbocycles. The number of ether oxygens (including phenoxy) is 1. The summed E-state index contributed by atoms with van der Waals surface area (Å²) in [7, 11) is -3.88. The maximum atomic E-state index is 14.4. The molecule has 0 radical (unpaired) electrons. The maximum Gasteiger partial charge on any atom is 0.408 e. The molecule has 0 aromatic heterocycles. The second kappa shape index (κ2) is 14.3. The van der Waals surface area contributed by atoms with Crippen LogP contribution in [0.4, 0.5) is 4.79 Å². The third-order valence-corrected chi connectivity index (χ3v) is 12.1. The first-order valence-electron chi connectivity index (χ1n) is 17.7. The first-order valence-corrected chi connectivity index (χ1v) is 19.2. The van der Waals surface area contributed by atoms with Crippen LogP contribution < -0.4 is 15.4 Å². The summed E-state index contributed by atoms with van der Waals surface area (Å²) in [6, 6.07) is 11.5. The number of amides is 4. The highest BCUT2D eigenvalue weighted by Gasteiger charge is 2.62. The van der Waals surface area contributed by atoms with Gasteiger partial charge in [-0.3, -0.25) is 19.1 Å². The number of carbonyl (C=O) groups is 4. The number of oxime groups is 1. The van der Waals surface area contributed by atoms with E-state index in [1.807, 2.05) is 42.5 Å². The summed E-state index contributed by atoms with van der Waals surface area (Å²) in [6.07, 6.45) is 6.03. The zero-order valence-electron chi connectivity index (χ0n) is 29.3. The van der Waals surface area contributed by atoms with Gasteiger partial charge in [0.2, 0.25) is 21.8 Å². The smallest absolute Gasteiger partial charge is 0.408 e. The quantitative estimate of drug-likeness (QED) is 0.168. The molecule has 6 rings (SSSR count). The highest BCUT2D eigenvalue weighted by atomic mass is 32.2. The number of carbonyl (C=O) groups excluding carboxylic acids is 4. The molecule has 51 heavy (non-hydrogen) atoms. The Kier molecular flexibility index (Phi) is 10.2. The molecule has 3 saturated carbocycles. The van der Waals surface area contributed by atoms with E-state index in [1.165, 1.54) is 11.0 Å². The molecule has 5 atom stereocenters. The summed E-state index contributed by atoms with van der Waals surface area (Å²) in [5.74, 6) is -2.52. The molecule has 3 N–H and O–H groups in total. The molecular weight excluding hydrogens is 675 g/mol. The number of hydrogen-bond acceptors (Lipinski definition) is 9. The Labute approximate surface area is 298 Å². The SMILES string of the molecule is C=C[C@@H]1C[C@@]1(NC(=O)[C@@H]1C[C@@H](O/N=C/c2cccc3ccccc23)CN1C(=O)[C@@H](NC(=O)OC1CCCC1)C(C)(C)C)C(=O)NS(=O)(=O)C1CC1. The van der Waals surface area contributed by atoms with Gasteiger partial charge in [0.05, 0.1) is 18.0 Å². The van der Waals surface area contributed by atoms with E-state index < -0.39 is 74.1 Å². The number of likely N-dealkylation sites (tertiary alicyclic amines) is 1. The van der Waals surface area contributed by atoms with Gasteiger partial charge >= 0.3 is 6.09 Å². The highest BCUT2D eigenvalue weighted by molar-refractivity contribution is 7.91. The van der Waals surface area contributed by atoms with Crippen molar-refractivity contribution in [2.24, 2.45) is 16.5 Å². The van der Waals surface area contributed by atoms with Crippen molar-refractivity contribution in [3.05, 3.63) is 60.7 Å². The Morgan fingerprint density at radius 2 is 1.73 bits per heavy atom. The highest BCUT2D eigenvalue weighted by Crippen LogP contribution is 2.45. The summed E-state index contributed by atoms with van der Waals surface area (Å²) < 4.78 is 33.0. The Morgan fingerprint density at radius 3 is 2.39 bits per heavy atom. The lowest BCUT2D eigenvalue weighted by molar-refractivity contribution is -0.143. The second-order valence-electron chi connectivity index (χ2n) is 15.2. The zero-order valence-corrected chi connectivity index (χ0v) is 30.1. The molecule has 0 bridgehead atoms. The summed E-state index contributed by atoms with van der Waals surface area (Å²) >= 11 is 0. The monoisotopic (exact) mass is 721 g/mol. The lowest BCUT2D eigenvalue weighted by atomic mass is 9.85. The van der Waals surface area contributed by atoms with E-state index in [0.29, 0.717) is 12.8 Å². The van der Waals surface area contributed by atoms with Crippen molar-refractivity contribution in [3.63, 3.8) is 0 Å². The van der Waals surface area contributed by atoms with E-state index >= 15 is 0 Å². The van der Waals surface area contributed by atoms with Crippen molar-refractivity contribution in [2.45, 2.75) is 107 Å². The fraction of sp³-hybridized carbons (Fsp3) is 0.541. The maximum absolute atomic E-state index is 14.4. The van der Waals surface area contributed by atoms with Gasteiger partial charge < -0.3 is 25.1 Å². The summed E-state index contributed by atoms with van der Waals surface area (Å²) in [5.41, 5.74) is -1.49. The molecule has 0 unspecified atom stereocenters. The van der Waals surface area contributed by atoms with E-state index in [4.69, 9.17) is 9.57 Å². The third-order valence-electron chi connectivity index (χ3n) is 10.3. The predicted molar refractivity (Wildman–Crippen MR) is 191 cm³/mol. The first-order chi connectivity index (χ1) is 24.2. The van der Waals surface area contributed by atoms with Crippen molar-refractivity contribution in [1.29, 1.82) is 0 Å². The van der Waals surface area contributed by atoms with Gasteiger partial charge in [-0.15, -0.1) is 6.58 Å². The van der Waals surface area contributed by atoms with Gasteiger partial charge in [0, 0.05) is 17.9 Å². The lowest BCUT2D eigenvalue weighted by Gasteiger charge is -2.35. The number of alkyl carbamates (subject to hydrolysis) is 1. The number of sulfonamides is 1. The molecule has 0 spiro atoms. The molecule has 4 aliphatic rings. The Morgan fingerprint density at radius 1 is 1.02 bits per heavy atom. The standard InChI is InChI=1S/C37H47N5O8S/c1-5-25-20-37(25,34(45)41-51(47,48)28-17-18-28)40-32(43)30-19-27(50-38-21-24-13-10-12-23-11-6-9-16-29(23)24)22-42(30)33(44)31(36(2,3)4)39-35(46)49-26-14-7-8-15-26/h5-6,9-13,16,21,25-28,30-31H,1,7-8,14-15,17-20,22H2,2-4H3,(H,39,46)(H,40,43)(H,41,45)/b38-21+/t25-,27-,30+,31-,37+/m1/s1. The molecular formula is C37H47N5O8S. The van der Waals surface area contributed by atoms with E-state index in [-0.39, 0.29) is 25.5 Å². The largest absolute Gasteiger partial charge is 0.446 e. The average Bonchev–Trinajstić information content (AvgIpc) is 3.96. The molecule has 274 valence electrons. The first kappa shape index (κ1) is 36.3. The molecule has 1 aliphatic heterocycles. The van der Waals surface area contributed by atoms with Crippen LogP contribution in [-0.2, 0) is 34.0 Å². The molecule has 14 heteroatoms. The number of nitrogens with one attached hydrogen (secondary N) is 3. The Balaban J connectivity index is 1.23. The summed E-state index contributed by atoms with van der Waals surface area (Å²) in [4.78, 5) is 62.2. The predicted octanol–water partition coefficient (Wildman–Crippen LogP) is 3.91. The number of benzene rings is 2. The van der Waals surface area contributed by atoms with E-state index in [0.717, 1.165) is 42.0 Å². The molecule has 4 amide bonds. The normalized spacial score (nSPS) is 25.7. The Hall–Kier alpha value is -4.46. The van der Waals surface area contributed by atoms with E-state index in [1.54, 1.807) is 27.0 Å². The molecule has 13 nitrogen and oxygen atoms in total. The van der Waals surface area contributed by atoms with Gasteiger partial charge in [0.15, 0.2) is 0 Å². The van der Waals surface area contributed by atoms with Crippen molar-refractivity contribution in [3.8, 4) is 0 Å². The van der Waals surface area contributed by atoms with Gasteiger partial charge in [-0.2, -0.15) is 0 Å². The van der Waals surface area contributed by atoms with Gasteiger partial charge in [0.1, 0.15) is 29.8 Å². The van der Waals surface area contributed by atoms with Crippen LogP contribution in [0.1, 0.15) is 77.7 Å². The minimum Gasteiger partial charge on any atom is -0.446 e. The van der Waals surface area contributed by atoms with Crippen LogP contribution >= 0.6 is 0 Å². The lowest BCUT2D eigenvalue weighted by Crippen LogP contribution is -2.60. The summed E-state index contributed by atoms with van der Waals surface area (Å²) in [5, 5.41) is 11.1. The van der Waals surface area contributed by atoms with Gasteiger partial charge in [-0.05, 0) is 61.1 Å². The topological polar surface area (TPSA) is 173 Å². The van der Waals surface area contributed by atoms with E-state index in [9.17, 15) is 27.6 Å². The van der Waals surface area contributed by atoms with Crippen LogP contribution in [0.15, 0.2) is 60.3 Å². The number of hydrogen-bond donors (Lipinski definition) is 3. The van der Waals surface area contributed by atoms with E-state index in [2.05, 4.69) is 27.1 Å². The van der Waals surface area contributed by atoms with Crippen molar-refractivity contribution in [1.82, 2.24) is 20.3 Å². The van der Waals surface area contributed by atoms with Crippen LogP contribution in [0, 0.1) is 11.3 Å². The number of fused-ring (bicyclic) bond motifs is 1. The zero-order chi connectivity index (χ0) is 36.6. The number of nitrogens with zero attached hydrogens (tertiary/aromatic N) is 2. The molecule has 2 aromatic rings. The molecule has 1 saturated heterocycles. The molecule has 4 fully saturated rings. The third kappa shape index (κ3) is 8.05. The molecule has 1 heterocycles. The van der Waals surface area contributed by atoms with Crippen LogP contribution in [-0.4, -0.2) is 85.0 Å². The van der Waals surface area contributed by atoms with Crippen LogP contribution in [0.3, 0.4) is 0 Å². The van der Waals surface area contributed by atoms with Gasteiger partial charge in [-0.1, -0.05) is 74.5 Å². The van der Waals surface area contributed by atoms with Crippen LogP contribution in [0.5, 0.6) is 0 Å². The second-order valence-corrected chi connectivity index (χ2v) is 17.2. The number of rotatable bonds is 12. The average molecular weight is 722 g/mol. The van der Waals surface area contributed by atoms with Crippen LogP contribution in [0.2, 0.25) is 0 Å². The summed E-state index contributed by atoms with van der Waals surface area (Å²) in [6.45, 7) is 9.14. The van der Waals surface area contributed by atoms with Crippen molar-refractivity contribution in [2.75, 3.05) is 6.54 Å². The fourth-order valence-corrected chi connectivity index (χ4v) is 8.41.